The number of carboxylic acid groups (broad SMARTS) is 1. The van der Waals surface area contributed by atoms with Crippen molar-refractivity contribution in [1.29, 1.82) is 0 Å². The van der Waals surface area contributed by atoms with E-state index in [-0.39, 0.29) is 46.2 Å². The third kappa shape index (κ3) is 3.47. The van der Waals surface area contributed by atoms with Crippen LogP contribution in [0.25, 0.3) is 0 Å². The molecule has 0 aromatic heterocycles. The van der Waals surface area contributed by atoms with Crippen LogP contribution in [0.1, 0.15) is 106 Å². The van der Waals surface area contributed by atoms with Crippen LogP contribution in [0.2, 0.25) is 0 Å². The van der Waals surface area contributed by atoms with Crippen molar-refractivity contribution in [3.63, 3.8) is 0 Å². The van der Waals surface area contributed by atoms with E-state index in [9.17, 15) is 20.1 Å². The van der Waals surface area contributed by atoms with Crippen molar-refractivity contribution in [1.82, 2.24) is 0 Å². The second kappa shape index (κ2) is 8.58. The summed E-state index contributed by atoms with van der Waals surface area (Å²) in [6, 6.07) is 0. The van der Waals surface area contributed by atoms with Crippen LogP contribution >= 0.6 is 0 Å². The monoisotopic (exact) mass is 488 g/mol. The highest BCUT2D eigenvalue weighted by atomic mass is 16.4. The Kier molecular flexibility index (Phi) is 6.66. The van der Waals surface area contributed by atoms with Gasteiger partial charge in [-0.05, 0) is 122 Å². The highest BCUT2D eigenvalue weighted by molar-refractivity contribution is 5.75. The van der Waals surface area contributed by atoms with E-state index in [0.717, 1.165) is 56.9 Å². The van der Waals surface area contributed by atoms with Gasteiger partial charge in [-0.3, -0.25) is 4.79 Å². The van der Waals surface area contributed by atoms with Crippen molar-refractivity contribution in [2.75, 3.05) is 6.61 Å². The fourth-order valence-electron chi connectivity index (χ4n) is 11.0. The average molecular weight is 489 g/mol. The normalized spacial score (nSPS) is 49.8. The number of hydrogen-bond donors (Lipinski definition) is 3. The fourth-order valence-corrected chi connectivity index (χ4v) is 11.0. The number of aliphatic carboxylic acids is 1. The third-order valence-electron chi connectivity index (χ3n) is 13.3. The first-order valence-corrected chi connectivity index (χ1v) is 14.3. The maximum atomic E-state index is 12.8. The van der Waals surface area contributed by atoms with Gasteiger partial charge in [0, 0.05) is 0 Å². The van der Waals surface area contributed by atoms with Gasteiger partial charge in [-0.15, -0.1) is 0 Å². The van der Waals surface area contributed by atoms with E-state index in [2.05, 4.69) is 48.1 Å². The largest absolute Gasteiger partial charge is 0.481 e. The van der Waals surface area contributed by atoms with Crippen LogP contribution in [0, 0.1) is 56.7 Å². The highest BCUT2D eigenvalue weighted by Gasteiger charge is 2.70. The summed E-state index contributed by atoms with van der Waals surface area (Å²) in [5.74, 6) is 0.780. The molecule has 0 bridgehead atoms. The van der Waals surface area contributed by atoms with Crippen LogP contribution < -0.4 is 0 Å². The molecule has 0 heterocycles. The van der Waals surface area contributed by atoms with Gasteiger partial charge < -0.3 is 15.3 Å². The van der Waals surface area contributed by atoms with E-state index in [1.807, 2.05) is 6.92 Å². The number of hydrogen-bond acceptors (Lipinski definition) is 3. The van der Waals surface area contributed by atoms with Crippen LogP contribution in [0.3, 0.4) is 0 Å². The second-order valence-corrected chi connectivity index (χ2v) is 14.6. The molecule has 4 aliphatic carbocycles. The van der Waals surface area contributed by atoms with Gasteiger partial charge in [-0.25, -0.2) is 0 Å². The molecule has 0 amide bonds. The molecule has 0 radical (unpaired) electrons. The zero-order chi connectivity index (χ0) is 26.2. The standard InChI is InChI=1S/C31H52O4/c1-9-20(19(2)18-32)25-21-10-11-23-28(5)14-13-24(33)27(3,4)22(28)12-15-31(23,8)30(21,7)17-16-29(25,6)26(34)35/h20-25,32-33H,2,9-18H2,1,3-8H3,(H,34,35)/t20-,21+,22-,23+,24-,25+,28-,29-,30+,31+/m0/s1. The first-order valence-electron chi connectivity index (χ1n) is 14.3. The molecule has 35 heavy (non-hydrogen) atoms. The zero-order valence-electron chi connectivity index (χ0n) is 23.5. The van der Waals surface area contributed by atoms with Crippen LogP contribution in [0.5, 0.6) is 0 Å². The van der Waals surface area contributed by atoms with Gasteiger partial charge in [0.25, 0.3) is 0 Å². The number of aliphatic hydroxyl groups excluding tert-OH is 2. The first-order chi connectivity index (χ1) is 16.1. The zero-order valence-corrected chi connectivity index (χ0v) is 23.5. The molecule has 3 N–H and O–H groups in total. The molecule has 4 fully saturated rings. The Labute approximate surface area is 214 Å². The lowest BCUT2D eigenvalue weighted by Gasteiger charge is -2.73. The summed E-state index contributed by atoms with van der Waals surface area (Å²) in [5, 5.41) is 31.5. The summed E-state index contributed by atoms with van der Waals surface area (Å²) in [4.78, 5) is 12.8. The van der Waals surface area contributed by atoms with Crippen molar-refractivity contribution in [3.8, 4) is 0 Å². The van der Waals surface area contributed by atoms with Crippen molar-refractivity contribution in [2.24, 2.45) is 56.7 Å². The van der Waals surface area contributed by atoms with Crippen LogP contribution in [0.15, 0.2) is 12.2 Å². The molecule has 0 aromatic rings. The van der Waals surface area contributed by atoms with Gasteiger partial charge >= 0.3 is 5.97 Å². The number of aliphatic hydroxyl groups is 2. The molecule has 4 saturated carbocycles. The fraction of sp³-hybridized carbons (Fsp3) is 0.903. The lowest BCUT2D eigenvalue weighted by Crippen LogP contribution is -2.67. The Morgan fingerprint density at radius 2 is 1.57 bits per heavy atom. The van der Waals surface area contributed by atoms with Crippen LogP contribution in [-0.4, -0.2) is 34.0 Å². The molecular formula is C31H52O4. The molecule has 4 nitrogen and oxygen atoms in total. The number of fused-ring (bicyclic) bond motifs is 5. The molecule has 200 valence electrons. The summed E-state index contributed by atoms with van der Waals surface area (Å²) in [7, 11) is 0. The smallest absolute Gasteiger partial charge is 0.309 e. The topological polar surface area (TPSA) is 77.8 Å². The van der Waals surface area contributed by atoms with Crippen molar-refractivity contribution < 1.29 is 20.1 Å². The van der Waals surface area contributed by atoms with E-state index in [1.54, 1.807) is 0 Å². The average Bonchev–Trinajstić information content (AvgIpc) is 2.79. The predicted octanol–water partition coefficient (Wildman–Crippen LogP) is 6.70. The van der Waals surface area contributed by atoms with E-state index in [0.29, 0.717) is 24.2 Å². The Hall–Kier alpha value is -0.870. The van der Waals surface area contributed by atoms with Gasteiger partial charge in [-0.1, -0.05) is 48.1 Å². The van der Waals surface area contributed by atoms with Gasteiger partial charge in [0.15, 0.2) is 0 Å². The summed E-state index contributed by atoms with van der Waals surface area (Å²) >= 11 is 0. The molecule has 4 heteroatoms. The third-order valence-corrected chi connectivity index (χ3v) is 13.3. The molecule has 0 aromatic carbocycles. The molecule has 0 unspecified atom stereocenters. The summed E-state index contributed by atoms with van der Waals surface area (Å²) < 4.78 is 0. The maximum absolute atomic E-state index is 12.8. The predicted molar refractivity (Wildman–Crippen MR) is 141 cm³/mol. The summed E-state index contributed by atoms with van der Waals surface area (Å²) in [6.45, 7) is 20.4. The Balaban J connectivity index is 1.79. The summed E-state index contributed by atoms with van der Waals surface area (Å²) in [6.07, 6.45) is 8.76. The quantitative estimate of drug-likeness (QED) is 0.376. The molecule has 0 aliphatic heterocycles. The van der Waals surface area contributed by atoms with Gasteiger partial charge in [0.1, 0.15) is 0 Å². The molecular weight excluding hydrogens is 436 g/mol. The first kappa shape index (κ1) is 27.2. The second-order valence-electron chi connectivity index (χ2n) is 14.6. The van der Waals surface area contributed by atoms with Gasteiger partial charge in [0.2, 0.25) is 0 Å². The van der Waals surface area contributed by atoms with E-state index >= 15 is 0 Å². The lowest BCUT2D eigenvalue weighted by atomic mass is 9.32. The van der Waals surface area contributed by atoms with Crippen molar-refractivity contribution in [3.05, 3.63) is 12.2 Å². The van der Waals surface area contributed by atoms with E-state index < -0.39 is 11.4 Å². The molecule has 0 spiro atoms. The van der Waals surface area contributed by atoms with Crippen LogP contribution in [-0.2, 0) is 4.79 Å². The minimum absolute atomic E-state index is 0.00340. The highest BCUT2D eigenvalue weighted by Crippen LogP contribution is 2.76. The van der Waals surface area contributed by atoms with Crippen molar-refractivity contribution in [2.45, 2.75) is 112 Å². The Morgan fingerprint density at radius 1 is 0.914 bits per heavy atom. The van der Waals surface area contributed by atoms with Gasteiger partial charge in [0.05, 0.1) is 18.1 Å². The number of rotatable bonds is 5. The Bertz CT molecular complexity index is 864. The maximum Gasteiger partial charge on any atom is 0.309 e. The van der Waals surface area contributed by atoms with E-state index in [1.165, 1.54) is 0 Å². The van der Waals surface area contributed by atoms with Crippen molar-refractivity contribution >= 4 is 5.97 Å². The molecule has 10 atom stereocenters. The molecule has 4 aliphatic rings. The molecule has 4 rings (SSSR count). The lowest BCUT2D eigenvalue weighted by molar-refractivity contribution is -0.251. The summed E-state index contributed by atoms with van der Waals surface area (Å²) in [5.41, 5.74) is 0.384. The van der Waals surface area contributed by atoms with Gasteiger partial charge in [-0.2, -0.15) is 0 Å². The number of carboxylic acids is 1. The minimum atomic E-state index is -0.787. The Morgan fingerprint density at radius 3 is 2.14 bits per heavy atom. The minimum Gasteiger partial charge on any atom is -0.481 e. The van der Waals surface area contributed by atoms with Crippen LogP contribution in [0.4, 0.5) is 0 Å². The van der Waals surface area contributed by atoms with E-state index in [4.69, 9.17) is 0 Å². The molecule has 0 saturated heterocycles. The SMILES string of the molecule is C=C(CO)[C@H](CC)[C@@H]1[C@H]2CC[C@@H]3[C@@]4(C)CC[C@H](O)C(C)(C)[C@@H]4CC[C@@]3(C)[C@]2(C)CC[C@]1(C)C(=O)O. The number of carbonyl (C=O) groups is 1.